The molecule has 142 heavy (non-hydrogen) atoms. The van der Waals surface area contributed by atoms with Gasteiger partial charge in [-0.05, 0) is 68.4 Å². The van der Waals surface area contributed by atoms with Crippen molar-refractivity contribution in [3.8, 4) is 0 Å². The first-order chi connectivity index (χ1) is 67.0. The highest BCUT2D eigenvalue weighted by Crippen LogP contribution is 2.46. The number of hydrogen-bond donors (Lipinski definition) is 0. The van der Waals surface area contributed by atoms with E-state index in [-0.39, 0.29) is 88.3 Å². The molecule has 6 saturated heterocycles. The molecule has 6 fully saturated rings. The molecule has 0 aromatic carbocycles. The molecule has 11 unspecified atom stereocenters. The molecular formula is C96H142N8O38. The summed E-state index contributed by atoms with van der Waals surface area (Å²) in [6.07, 6.45) is -23.5. The van der Waals surface area contributed by atoms with Crippen LogP contribution in [0.2, 0.25) is 0 Å². The van der Waals surface area contributed by atoms with Crippen molar-refractivity contribution in [1.82, 2.24) is 39.8 Å². The fourth-order valence-electron chi connectivity index (χ4n) is 20.1. The number of carbonyl (C=O) groups excluding carboxylic acids is 14. The number of hydrogen-bond acceptors (Lipinski definition) is 42. The molecule has 0 N–H and O–H groups in total. The van der Waals surface area contributed by atoms with Gasteiger partial charge in [0, 0.05) is 127 Å². The van der Waals surface area contributed by atoms with Crippen LogP contribution in [0, 0.1) is 41.4 Å². The normalized spacial score (nSPS) is 35.1. The molecule has 46 nitrogen and oxygen atoms in total. The molecule has 6 aliphatic heterocycles. The Bertz CT molecular complexity index is 4770. The molecule has 10 rings (SSSR count). The molecule has 46 heteroatoms. The first-order valence-corrected chi connectivity index (χ1v) is 48.5. The van der Waals surface area contributed by atoms with E-state index in [0.717, 1.165) is 47.1 Å². The average Bonchev–Trinajstić information content (AvgIpc) is 1.18. The molecule has 0 radical (unpaired) electrons. The fourth-order valence-corrected chi connectivity index (χ4v) is 20.1. The van der Waals surface area contributed by atoms with Crippen LogP contribution in [0.15, 0.2) is 35.7 Å². The lowest BCUT2D eigenvalue weighted by Gasteiger charge is -2.51. The summed E-state index contributed by atoms with van der Waals surface area (Å²) >= 11 is 0. The van der Waals surface area contributed by atoms with Gasteiger partial charge in [-0.15, -0.1) is 10.2 Å². The van der Waals surface area contributed by atoms with Crippen LogP contribution in [0.1, 0.15) is 224 Å². The molecule has 36 atom stereocenters. The summed E-state index contributed by atoms with van der Waals surface area (Å²) in [5.41, 5.74) is 2.01. The summed E-state index contributed by atoms with van der Waals surface area (Å²) in [4.78, 5) is 186. The number of amides is 2. The van der Waals surface area contributed by atoms with E-state index in [4.69, 9.17) is 114 Å². The van der Waals surface area contributed by atoms with Crippen LogP contribution in [-0.4, -0.2) is 321 Å². The summed E-state index contributed by atoms with van der Waals surface area (Å²) in [5.74, 6) is -12.2. The zero-order valence-electron chi connectivity index (χ0n) is 85.7. The standard InChI is InChI=1S/C96H142N8O38/c1-27-66-33-73(84(131-62(23)115)88(132-63(24)116)83(66)130-61(22)114)104(53(14)106)72-35-76(126-57(18)110)94(125-51(72)12)141-86-75(29-3)136-96(90(134-65(26)118)89(86)133-64(25)117)142-85-74(28-2)135-92(48(9)80(85)127-58(19)111)122-39-68-36-101(99-97-68)30-31-102-37-69(98-100-102)40-123-95-82(129-60(21)113)47(8)79(77(138-95)41-120-55(16)108)139-93-49(10)81(128-59(20)112)87(78(137-93)42-121-56(17)109)140-91-43(4)32-71(50(11)124-91)103(52(13)105)70-34-67(38-119-54(15)107)45(6)44(5)46(70)7/h33-34,36-37,43-51,70-96H,27-32,35,38-42H2,1-26H3/t43?,44-,45-,46+,47-,48+,49?,50?,51?,70+,71-,72+,73-,74?,75?,76+,77?,78?,79-,80?,81+,82?,83-,84+,85-,86-,87+,88+,89?,90+,91+,92-,93+,94-,95+,96-/m0/s1. The lowest BCUT2D eigenvalue weighted by molar-refractivity contribution is -0.368. The second-order valence-corrected chi connectivity index (χ2v) is 37.8. The topological polar surface area (TPSA) is 528 Å². The zero-order valence-corrected chi connectivity index (χ0v) is 85.7. The second kappa shape index (κ2) is 51.1. The zero-order chi connectivity index (χ0) is 105. The number of ether oxygens (including phenoxy) is 24. The minimum Gasteiger partial charge on any atom is -0.463 e. The number of aromatic nitrogens is 6. The average molecular weight is 2020 g/mol. The van der Waals surface area contributed by atoms with E-state index >= 15 is 0 Å². The highest BCUT2D eigenvalue weighted by atomic mass is 16.8. The van der Waals surface area contributed by atoms with Crippen LogP contribution in [0.5, 0.6) is 0 Å². The number of esters is 12. The third-order valence-electron chi connectivity index (χ3n) is 27.0. The number of nitrogens with zero attached hydrogens (tertiary/aromatic N) is 8. The Balaban J connectivity index is 0.782. The Morgan fingerprint density at radius 3 is 1.25 bits per heavy atom. The van der Waals surface area contributed by atoms with Crippen molar-refractivity contribution >= 4 is 83.4 Å². The Hall–Kier alpha value is -10.1. The maximum atomic E-state index is 14.2. The molecule has 2 aliphatic carbocycles. The minimum absolute atomic E-state index is 0.0161. The van der Waals surface area contributed by atoms with Crippen LogP contribution < -0.4 is 0 Å². The summed E-state index contributed by atoms with van der Waals surface area (Å²) in [7, 11) is 0. The van der Waals surface area contributed by atoms with Crippen LogP contribution >= 0.6 is 0 Å². The van der Waals surface area contributed by atoms with Crippen molar-refractivity contribution in [1.29, 1.82) is 0 Å². The van der Waals surface area contributed by atoms with Gasteiger partial charge < -0.3 is 123 Å². The summed E-state index contributed by atoms with van der Waals surface area (Å²) in [6.45, 7) is 38.2. The van der Waals surface area contributed by atoms with Gasteiger partial charge in [0.25, 0.3) is 0 Å². The highest BCUT2D eigenvalue weighted by molar-refractivity contribution is 5.76. The van der Waals surface area contributed by atoms with Gasteiger partial charge in [-0.1, -0.05) is 91.8 Å². The molecule has 2 amide bonds. The van der Waals surface area contributed by atoms with E-state index in [9.17, 15) is 67.1 Å². The second-order valence-electron chi connectivity index (χ2n) is 37.8. The minimum atomic E-state index is -1.65. The van der Waals surface area contributed by atoms with Gasteiger partial charge in [-0.2, -0.15) is 0 Å². The van der Waals surface area contributed by atoms with Crippen LogP contribution in [0.3, 0.4) is 0 Å². The molecule has 0 bridgehead atoms. The number of carbonyl (C=O) groups is 14. The van der Waals surface area contributed by atoms with Crippen LogP contribution in [0.25, 0.3) is 0 Å². The van der Waals surface area contributed by atoms with Crippen molar-refractivity contribution in [2.45, 2.75) is 416 Å². The third kappa shape index (κ3) is 29.2. The lowest BCUT2D eigenvalue weighted by Crippen LogP contribution is -2.67. The SMILES string of the molecule is CCC1=C[C@H](N(C(C)=O)[C@@H]2C[C@@H](OC(C)=O)[C@H](O[C@H]3C(CC)O[C@@H](O[C@H]4C(CC)O[C@H](OCc5cn(CCn6cc(CO[C@@H]7OC(COC(C)=O)[C@@H](O[C@H]8OC(COC(C)=O)[C@@H](O[C@H]9OC(C)[C@@H](N(C(C)=O)[C@@H]%10C=C(COC(C)=O)[C@@H](C)[C@H](C)[C@H]%10C)CC9C)[C@H](OC(C)=O)C8C)[C@H](C)C7OC(C)=O)nn6)nn5)[C@H](C)C4OC(C)=O)[C@H](OC(C)=O)C3OC(C)=O)OC2C)[C@@H](OC(C)=O)[C@H](OC(C)=O)[C@H]1OC(C)=O. The monoisotopic (exact) mass is 2010 g/mol. The van der Waals surface area contributed by atoms with Crippen LogP contribution in [-0.2, 0) is 207 Å². The Morgan fingerprint density at radius 2 is 0.746 bits per heavy atom. The van der Waals surface area contributed by atoms with Gasteiger partial charge in [-0.3, -0.25) is 76.5 Å². The van der Waals surface area contributed by atoms with Crippen molar-refractivity contribution in [2.75, 3.05) is 19.8 Å². The van der Waals surface area contributed by atoms with Crippen molar-refractivity contribution < 1.29 is 181 Å². The van der Waals surface area contributed by atoms with Crippen molar-refractivity contribution in [3.05, 3.63) is 47.1 Å². The molecular weight excluding hydrogens is 1870 g/mol. The van der Waals surface area contributed by atoms with E-state index in [1.54, 1.807) is 66.9 Å². The molecule has 2 aromatic heterocycles. The smallest absolute Gasteiger partial charge is 0.303 e. The Kier molecular flexibility index (Phi) is 40.9. The van der Waals surface area contributed by atoms with Gasteiger partial charge >= 0.3 is 71.6 Å². The van der Waals surface area contributed by atoms with Gasteiger partial charge in [0.2, 0.25) is 11.8 Å². The van der Waals surface area contributed by atoms with Gasteiger partial charge in [0.1, 0.15) is 73.9 Å². The summed E-state index contributed by atoms with van der Waals surface area (Å²) in [6, 6.07) is -3.03. The molecule has 0 saturated carbocycles. The van der Waals surface area contributed by atoms with E-state index in [1.807, 2.05) is 24.8 Å². The largest absolute Gasteiger partial charge is 0.463 e. The van der Waals surface area contributed by atoms with E-state index < -0.39 is 286 Å². The lowest BCUT2D eigenvalue weighted by atomic mass is 9.71. The van der Waals surface area contributed by atoms with E-state index in [0.29, 0.717) is 23.4 Å². The first-order valence-electron chi connectivity index (χ1n) is 48.5. The molecule has 2 aromatic rings. The van der Waals surface area contributed by atoms with Gasteiger partial charge in [-0.25, -0.2) is 0 Å². The quantitative estimate of drug-likeness (QED) is 0.0413. The number of aryl methyl sites for hydroxylation is 2. The maximum absolute atomic E-state index is 14.2. The predicted molar refractivity (Wildman–Crippen MR) is 483 cm³/mol. The van der Waals surface area contributed by atoms with E-state index in [2.05, 4.69) is 41.4 Å². The summed E-state index contributed by atoms with van der Waals surface area (Å²) < 4.78 is 153. The van der Waals surface area contributed by atoms with Crippen molar-refractivity contribution in [2.24, 2.45) is 41.4 Å². The highest BCUT2D eigenvalue weighted by Gasteiger charge is 2.61. The van der Waals surface area contributed by atoms with Crippen molar-refractivity contribution in [3.63, 3.8) is 0 Å². The van der Waals surface area contributed by atoms with E-state index in [1.165, 1.54) is 69.7 Å². The molecule has 8 aliphatic rings. The van der Waals surface area contributed by atoms with Crippen LogP contribution in [0.4, 0.5) is 0 Å². The predicted octanol–water partition coefficient (Wildman–Crippen LogP) is 6.12. The first kappa shape index (κ1) is 114. The summed E-state index contributed by atoms with van der Waals surface area (Å²) in [5, 5.41) is 17.3. The Labute approximate surface area is 825 Å². The fraction of sp³-hybridized carbons (Fsp3) is 0.771. The third-order valence-corrected chi connectivity index (χ3v) is 27.0. The maximum Gasteiger partial charge on any atom is 0.303 e. The molecule has 0 spiro atoms. The Morgan fingerprint density at radius 1 is 0.345 bits per heavy atom. The van der Waals surface area contributed by atoms with Gasteiger partial charge in [0.05, 0.1) is 93.4 Å². The number of rotatable bonds is 39. The molecule has 8 heterocycles. The van der Waals surface area contributed by atoms with Gasteiger partial charge in [0.15, 0.2) is 80.5 Å². The molecule has 794 valence electrons.